The maximum absolute atomic E-state index is 12.4. The number of pyridine rings is 1. The molecule has 0 saturated heterocycles. The first-order valence-corrected chi connectivity index (χ1v) is 6.88. The molecule has 0 bridgehead atoms. The van der Waals surface area contributed by atoms with E-state index >= 15 is 0 Å². The molecule has 0 radical (unpaired) electrons. The summed E-state index contributed by atoms with van der Waals surface area (Å²) in [5.41, 5.74) is 1.89. The number of hydrogen-bond donors (Lipinski definition) is 1. The zero-order valence-electron chi connectivity index (χ0n) is 12.6. The van der Waals surface area contributed by atoms with E-state index in [1.807, 2.05) is 24.3 Å². The lowest BCUT2D eigenvalue weighted by molar-refractivity contribution is 0.102. The fourth-order valence-electron chi connectivity index (χ4n) is 2.50. The Hall–Kier alpha value is -2.89. The number of nitrogens with zero attached hydrogens (tertiary/aromatic N) is 3. The molecule has 2 aromatic heterocycles. The van der Waals surface area contributed by atoms with E-state index in [4.69, 9.17) is 0 Å². The summed E-state index contributed by atoms with van der Waals surface area (Å²) in [7, 11) is 3.44. The minimum absolute atomic E-state index is 0.115. The molecule has 0 aliphatic rings. The molecule has 6 nitrogen and oxygen atoms in total. The molecule has 22 heavy (non-hydrogen) atoms. The summed E-state index contributed by atoms with van der Waals surface area (Å²) in [6.45, 7) is 1.80. The highest BCUT2D eigenvalue weighted by Crippen LogP contribution is 2.15. The molecular formula is C16H16N4O2. The van der Waals surface area contributed by atoms with E-state index in [9.17, 15) is 9.59 Å². The summed E-state index contributed by atoms with van der Waals surface area (Å²) in [5.74, 6) is -0.428. The molecule has 0 saturated carbocycles. The summed E-state index contributed by atoms with van der Waals surface area (Å²) in [6, 6.07) is 9.09. The van der Waals surface area contributed by atoms with E-state index < -0.39 is 5.91 Å². The first kappa shape index (κ1) is 14.1. The van der Waals surface area contributed by atoms with Crippen LogP contribution in [0.25, 0.3) is 10.9 Å². The van der Waals surface area contributed by atoms with Crippen LogP contribution in [-0.2, 0) is 14.1 Å². The first-order chi connectivity index (χ1) is 10.5. The van der Waals surface area contributed by atoms with Gasteiger partial charge in [-0.1, -0.05) is 18.2 Å². The number of anilines is 1. The van der Waals surface area contributed by atoms with Gasteiger partial charge in [-0.05, 0) is 24.4 Å². The Morgan fingerprint density at radius 2 is 1.95 bits per heavy atom. The van der Waals surface area contributed by atoms with Crippen molar-refractivity contribution in [2.24, 2.45) is 14.1 Å². The lowest BCUT2D eigenvalue weighted by Gasteiger charge is -2.08. The molecule has 0 unspecified atom stereocenters. The third kappa shape index (κ3) is 2.28. The van der Waals surface area contributed by atoms with Crippen LogP contribution in [0.5, 0.6) is 0 Å². The normalized spacial score (nSPS) is 10.9. The van der Waals surface area contributed by atoms with Crippen molar-refractivity contribution in [1.29, 1.82) is 0 Å². The topological polar surface area (TPSA) is 68.9 Å². The van der Waals surface area contributed by atoms with Crippen molar-refractivity contribution in [3.8, 4) is 0 Å². The van der Waals surface area contributed by atoms with Crippen molar-refractivity contribution < 1.29 is 4.79 Å². The molecule has 0 aliphatic carbocycles. The van der Waals surface area contributed by atoms with Crippen molar-refractivity contribution in [1.82, 2.24) is 14.3 Å². The molecule has 0 atom stereocenters. The summed E-state index contributed by atoms with van der Waals surface area (Å²) >= 11 is 0. The molecule has 2 heterocycles. The van der Waals surface area contributed by atoms with Crippen molar-refractivity contribution in [2.75, 3.05) is 5.32 Å². The zero-order chi connectivity index (χ0) is 15.9. The highest BCUT2D eigenvalue weighted by molar-refractivity contribution is 6.06. The Bertz CT molecular complexity index is 937. The fourth-order valence-corrected chi connectivity index (χ4v) is 2.50. The number of fused-ring (bicyclic) bond motifs is 1. The van der Waals surface area contributed by atoms with Gasteiger partial charge in [-0.3, -0.25) is 14.3 Å². The number of benzene rings is 1. The van der Waals surface area contributed by atoms with Crippen molar-refractivity contribution in [3.05, 3.63) is 58.1 Å². The van der Waals surface area contributed by atoms with E-state index in [1.165, 1.54) is 4.57 Å². The predicted octanol–water partition coefficient (Wildman–Crippen LogP) is 1.83. The van der Waals surface area contributed by atoms with Crippen LogP contribution in [-0.4, -0.2) is 20.3 Å². The van der Waals surface area contributed by atoms with Crippen LogP contribution < -0.4 is 10.9 Å². The molecule has 1 aromatic carbocycles. The second-order valence-electron chi connectivity index (χ2n) is 5.24. The van der Waals surface area contributed by atoms with Gasteiger partial charge < -0.3 is 9.88 Å². The summed E-state index contributed by atoms with van der Waals surface area (Å²) in [5, 5.41) is 7.76. The zero-order valence-corrected chi connectivity index (χ0v) is 12.6. The molecule has 3 rings (SSSR count). The van der Waals surface area contributed by atoms with Crippen LogP contribution in [0, 0.1) is 6.92 Å². The van der Waals surface area contributed by atoms with Gasteiger partial charge in [0.15, 0.2) is 0 Å². The molecule has 1 N–H and O–H groups in total. The molecule has 0 spiro atoms. The van der Waals surface area contributed by atoms with Crippen LogP contribution in [0.1, 0.15) is 16.1 Å². The van der Waals surface area contributed by atoms with Gasteiger partial charge >= 0.3 is 0 Å². The lowest BCUT2D eigenvalue weighted by atomic mass is 10.1. The fraction of sp³-hybridized carbons (Fsp3) is 0.188. The van der Waals surface area contributed by atoms with Gasteiger partial charge in [-0.15, -0.1) is 0 Å². The number of hydrogen-bond acceptors (Lipinski definition) is 3. The third-order valence-electron chi connectivity index (χ3n) is 3.64. The Balaban J connectivity index is 2.06. The Labute approximate surface area is 127 Å². The van der Waals surface area contributed by atoms with Gasteiger partial charge in [0.05, 0.1) is 16.9 Å². The van der Waals surface area contributed by atoms with Gasteiger partial charge in [-0.2, -0.15) is 5.10 Å². The average molecular weight is 296 g/mol. The van der Waals surface area contributed by atoms with E-state index in [-0.39, 0.29) is 11.1 Å². The third-order valence-corrected chi connectivity index (χ3v) is 3.64. The minimum Gasteiger partial charge on any atom is -0.319 e. The number of carbonyl (C=O) groups is 1. The number of rotatable bonds is 2. The largest absolute Gasteiger partial charge is 0.319 e. The van der Waals surface area contributed by atoms with Crippen molar-refractivity contribution in [3.63, 3.8) is 0 Å². The van der Waals surface area contributed by atoms with Gasteiger partial charge in [0.25, 0.3) is 11.5 Å². The smallest absolute Gasteiger partial charge is 0.263 e. The molecule has 112 valence electrons. The number of aromatic nitrogens is 3. The molecule has 0 aliphatic heterocycles. The first-order valence-electron chi connectivity index (χ1n) is 6.88. The summed E-state index contributed by atoms with van der Waals surface area (Å²) < 4.78 is 3.10. The van der Waals surface area contributed by atoms with Crippen molar-refractivity contribution in [2.45, 2.75) is 6.92 Å². The summed E-state index contributed by atoms with van der Waals surface area (Å²) in [6.07, 6.45) is 1.71. The standard InChI is InChI=1S/C16H16N4O2/c1-10-13(9-19(2)18-10)17-15(21)12-8-11-6-4-5-7-14(11)20(3)16(12)22/h4-9H,1-3H3,(H,17,21). The SMILES string of the molecule is Cc1nn(C)cc1NC(=O)c1cc2ccccc2n(C)c1=O. The van der Waals surface area contributed by atoms with Gasteiger partial charge in [0, 0.05) is 20.3 Å². The van der Waals surface area contributed by atoms with E-state index in [0.717, 1.165) is 10.9 Å². The lowest BCUT2D eigenvalue weighted by Crippen LogP contribution is -2.27. The van der Waals surface area contributed by atoms with Crippen LogP contribution in [0.3, 0.4) is 0 Å². The minimum atomic E-state index is -0.428. The molecule has 6 heteroatoms. The van der Waals surface area contributed by atoms with Crippen LogP contribution in [0.4, 0.5) is 5.69 Å². The quantitative estimate of drug-likeness (QED) is 0.784. The van der Waals surface area contributed by atoms with Gasteiger partial charge in [-0.25, -0.2) is 0 Å². The van der Waals surface area contributed by atoms with Crippen LogP contribution in [0.2, 0.25) is 0 Å². The highest BCUT2D eigenvalue weighted by atomic mass is 16.2. The Morgan fingerprint density at radius 3 is 2.64 bits per heavy atom. The van der Waals surface area contributed by atoms with Gasteiger partial charge in [0.1, 0.15) is 5.56 Å². The van der Waals surface area contributed by atoms with E-state index in [2.05, 4.69) is 10.4 Å². The van der Waals surface area contributed by atoms with E-state index in [1.54, 1.807) is 38.0 Å². The number of amides is 1. The Morgan fingerprint density at radius 1 is 1.23 bits per heavy atom. The molecule has 3 aromatic rings. The maximum Gasteiger partial charge on any atom is 0.263 e. The molecule has 0 fully saturated rings. The van der Waals surface area contributed by atoms with Crippen molar-refractivity contribution >= 4 is 22.5 Å². The van der Waals surface area contributed by atoms with Crippen LogP contribution >= 0.6 is 0 Å². The second-order valence-corrected chi connectivity index (χ2v) is 5.24. The van der Waals surface area contributed by atoms with E-state index in [0.29, 0.717) is 11.4 Å². The Kier molecular flexibility index (Phi) is 3.29. The summed E-state index contributed by atoms with van der Waals surface area (Å²) in [4.78, 5) is 24.8. The number of nitrogens with one attached hydrogen (secondary N) is 1. The average Bonchev–Trinajstić information content (AvgIpc) is 2.80. The molecule has 1 amide bonds. The molecular weight excluding hydrogens is 280 g/mol. The monoisotopic (exact) mass is 296 g/mol. The number of para-hydroxylation sites is 1. The van der Waals surface area contributed by atoms with Gasteiger partial charge in [0.2, 0.25) is 0 Å². The predicted molar refractivity (Wildman–Crippen MR) is 85.1 cm³/mol. The second kappa shape index (κ2) is 5.14. The highest BCUT2D eigenvalue weighted by Gasteiger charge is 2.16. The van der Waals surface area contributed by atoms with Crippen LogP contribution in [0.15, 0.2) is 41.3 Å². The number of aryl methyl sites for hydroxylation is 3. The number of carbonyl (C=O) groups excluding carboxylic acids is 1. The maximum atomic E-state index is 12.4.